The molecule has 1 saturated carbocycles. The molecule has 0 aromatic heterocycles. The largest absolute Gasteiger partial charge is 0.508 e. The van der Waals surface area contributed by atoms with Crippen LogP contribution in [0.15, 0.2) is 140 Å². The van der Waals surface area contributed by atoms with Gasteiger partial charge in [-0.3, -0.25) is 19.2 Å². The number of ether oxygens (including phenoxy) is 3. The van der Waals surface area contributed by atoms with E-state index in [1.165, 1.54) is 0 Å². The first-order valence-electron chi connectivity index (χ1n) is 20.2. The third-order valence-corrected chi connectivity index (χ3v) is 11.9. The molecule has 5 aromatic carbocycles. The number of fused-ring (bicyclic) bond motifs is 4. The lowest BCUT2D eigenvalue weighted by Crippen LogP contribution is -2.69. The van der Waals surface area contributed by atoms with Crippen molar-refractivity contribution in [3.05, 3.63) is 178 Å². The molecular weight excluding hydrogens is 763 g/mol. The molecule has 12 heteroatoms. The van der Waals surface area contributed by atoms with Crippen molar-refractivity contribution in [2.24, 2.45) is 5.41 Å². The van der Waals surface area contributed by atoms with E-state index < -0.39 is 53.5 Å². The maximum absolute atomic E-state index is 15.0. The summed E-state index contributed by atoms with van der Waals surface area (Å²) in [5.41, 5.74) is 3.65. The third kappa shape index (κ3) is 7.16. The molecule has 0 spiro atoms. The summed E-state index contributed by atoms with van der Waals surface area (Å²) in [5.74, 6) is -2.49. The van der Waals surface area contributed by atoms with Crippen LogP contribution in [-0.2, 0) is 53.9 Å². The number of phenols is 1. The van der Waals surface area contributed by atoms with Gasteiger partial charge in [0, 0.05) is 36.2 Å². The minimum absolute atomic E-state index is 0.0689. The van der Waals surface area contributed by atoms with Gasteiger partial charge in [0.15, 0.2) is 6.04 Å². The van der Waals surface area contributed by atoms with Gasteiger partial charge in [0.2, 0.25) is 11.7 Å². The lowest BCUT2D eigenvalue weighted by Gasteiger charge is -2.48. The van der Waals surface area contributed by atoms with Crippen LogP contribution >= 0.6 is 0 Å². The molecule has 6 atom stereocenters. The zero-order chi connectivity index (χ0) is 41.3. The van der Waals surface area contributed by atoms with E-state index in [0.717, 1.165) is 27.8 Å². The highest BCUT2D eigenvalue weighted by atomic mass is 16.8. The van der Waals surface area contributed by atoms with Gasteiger partial charge in [-0.05, 0) is 46.9 Å². The Labute approximate surface area is 347 Å². The Morgan fingerprint density at radius 1 is 0.800 bits per heavy atom. The average molecular weight is 808 g/mol. The van der Waals surface area contributed by atoms with E-state index in [9.17, 15) is 19.8 Å². The zero-order valence-corrected chi connectivity index (χ0v) is 32.7. The van der Waals surface area contributed by atoms with Crippen LogP contribution in [0.5, 0.6) is 5.75 Å². The third-order valence-electron chi connectivity index (χ3n) is 11.9. The fourth-order valence-electron chi connectivity index (χ4n) is 9.11. The lowest BCUT2D eigenvalue weighted by molar-refractivity contribution is -0.213. The van der Waals surface area contributed by atoms with Crippen molar-refractivity contribution < 1.29 is 43.6 Å². The molecule has 12 nitrogen and oxygen atoms in total. The summed E-state index contributed by atoms with van der Waals surface area (Å²) < 4.78 is 20.3. The van der Waals surface area contributed by atoms with E-state index in [1.807, 2.05) is 109 Å². The molecule has 4 fully saturated rings. The quantitative estimate of drug-likeness (QED) is 0.117. The van der Waals surface area contributed by atoms with Gasteiger partial charge in [-0.15, -0.1) is 0 Å². The minimum Gasteiger partial charge on any atom is -0.508 e. The van der Waals surface area contributed by atoms with Crippen LogP contribution in [0.4, 0.5) is 0 Å². The molecule has 2 amide bonds. The number of hydrogen-bond donors (Lipinski definition) is 4. The molecule has 1 aliphatic carbocycles. The predicted octanol–water partition coefficient (Wildman–Crippen LogP) is 5.17. The first-order chi connectivity index (χ1) is 29.3. The molecule has 2 bridgehead atoms. The molecule has 4 N–H and O–H groups in total. The SMILES string of the molecule is O=C(NCCO)c1cccc(CNC(=O)C23CC4OC(=O)C2N(Cc2cccc(C=CCc5ccccc5O)c2)OC3C2OC(c3ccccc3)(c3ccccc3)OC42)c1. The normalized spacial score (nSPS) is 25.1. The summed E-state index contributed by atoms with van der Waals surface area (Å²) >= 11 is 0. The monoisotopic (exact) mass is 807 g/mol. The number of aliphatic hydroxyl groups is 1. The van der Waals surface area contributed by atoms with Crippen LogP contribution in [-0.4, -0.2) is 76.7 Å². The van der Waals surface area contributed by atoms with Gasteiger partial charge in [0.1, 0.15) is 35.6 Å². The summed E-state index contributed by atoms with van der Waals surface area (Å²) in [6.45, 7) is 0.151. The summed E-state index contributed by atoms with van der Waals surface area (Å²) in [6.07, 6.45) is 1.23. The second kappa shape index (κ2) is 16.5. The number of benzene rings is 5. The number of phenolic OH excluding ortho intramolecular Hbond substituents is 1. The number of esters is 1. The topological polar surface area (TPSA) is 156 Å². The molecule has 0 radical (unpaired) electrons. The van der Waals surface area contributed by atoms with Crippen molar-refractivity contribution in [3.63, 3.8) is 0 Å². The van der Waals surface area contributed by atoms with E-state index in [-0.39, 0.29) is 44.3 Å². The Hall–Kier alpha value is -6.15. The maximum atomic E-state index is 15.0. The van der Waals surface area contributed by atoms with Crippen molar-refractivity contribution in [1.29, 1.82) is 0 Å². The average Bonchev–Trinajstić information content (AvgIpc) is 3.86. The maximum Gasteiger partial charge on any atom is 0.327 e. The molecule has 306 valence electrons. The van der Waals surface area contributed by atoms with E-state index in [2.05, 4.69) is 10.6 Å². The first kappa shape index (κ1) is 39.3. The van der Waals surface area contributed by atoms with Gasteiger partial charge >= 0.3 is 5.97 Å². The van der Waals surface area contributed by atoms with Crippen molar-refractivity contribution in [3.8, 4) is 5.75 Å². The zero-order valence-electron chi connectivity index (χ0n) is 32.7. The summed E-state index contributed by atoms with van der Waals surface area (Å²) in [5, 5.41) is 26.7. The first-order valence-corrected chi connectivity index (χ1v) is 20.2. The number of hydrogen-bond acceptors (Lipinski definition) is 10. The number of allylic oxidation sites excluding steroid dienone is 1. The number of carbonyl (C=O) groups is 3. The Kier molecular flexibility index (Phi) is 10.8. The van der Waals surface area contributed by atoms with Crippen molar-refractivity contribution >= 4 is 23.9 Å². The number of rotatable bonds is 13. The highest BCUT2D eigenvalue weighted by Gasteiger charge is 2.76. The van der Waals surface area contributed by atoms with Gasteiger partial charge in [0.05, 0.1) is 13.2 Å². The Morgan fingerprint density at radius 3 is 2.25 bits per heavy atom. The second-order valence-corrected chi connectivity index (χ2v) is 15.6. The van der Waals surface area contributed by atoms with Gasteiger partial charge < -0.3 is 35.1 Å². The lowest BCUT2D eigenvalue weighted by atomic mass is 9.62. The summed E-state index contributed by atoms with van der Waals surface area (Å²) in [7, 11) is 0. The van der Waals surface area contributed by atoms with Crippen LogP contribution in [0.1, 0.15) is 50.2 Å². The molecule has 4 aliphatic rings. The smallest absolute Gasteiger partial charge is 0.327 e. The highest BCUT2D eigenvalue weighted by Crippen LogP contribution is 2.59. The number of carbonyl (C=O) groups excluding carboxylic acids is 3. The number of nitrogens with one attached hydrogen (secondary N) is 2. The van der Waals surface area contributed by atoms with Crippen molar-refractivity contribution in [1.82, 2.24) is 15.7 Å². The Bertz CT molecular complexity index is 2370. The summed E-state index contributed by atoms with van der Waals surface area (Å²) in [4.78, 5) is 49.0. The highest BCUT2D eigenvalue weighted by molar-refractivity contribution is 5.95. The molecular formula is C48H45N3O9. The predicted molar refractivity (Wildman–Crippen MR) is 220 cm³/mol. The molecule has 3 saturated heterocycles. The fraction of sp³-hybridized carbons (Fsp3) is 0.271. The van der Waals surface area contributed by atoms with E-state index in [4.69, 9.17) is 19.0 Å². The number of hydroxylamine groups is 2. The summed E-state index contributed by atoms with van der Waals surface area (Å²) in [6, 6.07) is 40.0. The van der Waals surface area contributed by atoms with Crippen LogP contribution in [0.2, 0.25) is 0 Å². The molecule has 60 heavy (non-hydrogen) atoms. The molecule has 5 aromatic rings. The minimum atomic E-state index is -1.45. The molecule has 9 rings (SSSR count). The van der Waals surface area contributed by atoms with Crippen LogP contribution in [0.25, 0.3) is 6.08 Å². The van der Waals surface area contributed by atoms with E-state index >= 15 is 4.79 Å². The van der Waals surface area contributed by atoms with Crippen LogP contribution < -0.4 is 10.6 Å². The number of nitrogens with zero attached hydrogens (tertiary/aromatic N) is 1. The van der Waals surface area contributed by atoms with Crippen molar-refractivity contribution in [2.45, 2.75) is 62.2 Å². The van der Waals surface area contributed by atoms with Crippen molar-refractivity contribution in [2.75, 3.05) is 13.2 Å². The van der Waals surface area contributed by atoms with E-state index in [1.54, 1.807) is 41.5 Å². The van der Waals surface area contributed by atoms with E-state index in [0.29, 0.717) is 17.5 Å². The number of amides is 2. The van der Waals surface area contributed by atoms with Crippen LogP contribution in [0, 0.1) is 5.41 Å². The van der Waals surface area contributed by atoms with Crippen LogP contribution in [0.3, 0.4) is 0 Å². The fourth-order valence-corrected chi connectivity index (χ4v) is 9.11. The van der Waals surface area contributed by atoms with Gasteiger partial charge in [0.25, 0.3) is 5.91 Å². The second-order valence-electron chi connectivity index (χ2n) is 15.6. The number of para-hydroxylation sites is 1. The number of aliphatic hydroxyl groups excluding tert-OH is 1. The molecule has 3 aliphatic heterocycles. The van der Waals surface area contributed by atoms with Gasteiger partial charge in [-0.1, -0.05) is 127 Å². The number of aromatic hydroxyl groups is 1. The standard InChI is InChI=1S/C48H45N3O9/c52-25-24-49-44(54)35-18-11-14-32(27-35)29-50-46(56)47-28-39-40-41(59-48(58-40,36-19-3-1-4-20-36)37-21-5-2-6-22-37)43(47)60-51(42(47)45(55)57-39)30-33-15-9-12-31(26-33)13-10-17-34-16-7-8-23-38(34)53/h1-16,18-23,26-27,39-43,52-53H,17,24-25,28-30H2,(H,49,54)(H,50,56). The Balaban J connectivity index is 1.05. The Morgan fingerprint density at radius 2 is 1.50 bits per heavy atom. The van der Waals surface area contributed by atoms with Gasteiger partial charge in [-0.2, -0.15) is 5.06 Å². The molecule has 6 unspecified atom stereocenters. The van der Waals surface area contributed by atoms with Gasteiger partial charge in [-0.25, -0.2) is 0 Å². The molecule has 3 heterocycles.